The smallest absolute Gasteiger partial charge is 0.242 e. The summed E-state index contributed by atoms with van der Waals surface area (Å²) in [6.45, 7) is 8.23. The Morgan fingerprint density at radius 3 is 2.00 bits per heavy atom. The van der Waals surface area contributed by atoms with Gasteiger partial charge in [-0.3, -0.25) is 0 Å². The third kappa shape index (κ3) is 4.74. The molecule has 2 rings (SSSR count). The van der Waals surface area contributed by atoms with E-state index < -0.39 is 10.0 Å². The first-order chi connectivity index (χ1) is 10.3. The first-order valence-corrected chi connectivity index (χ1v) is 9.89. The molecular weight excluding hydrogens is 379 g/mol. The SMILES string of the molecule is CC1(C)CC(NS(=O)(=O)c2cc(Cl)c(Cl)cc2Cl)CC(C)(C)N1. The molecule has 1 aliphatic heterocycles. The minimum Gasteiger partial charge on any atom is -0.307 e. The fourth-order valence-electron chi connectivity index (χ4n) is 3.40. The fraction of sp³-hybridized carbons (Fsp3) is 0.600. The van der Waals surface area contributed by atoms with Crippen LogP contribution in [0.1, 0.15) is 40.5 Å². The molecule has 8 heteroatoms. The van der Waals surface area contributed by atoms with E-state index in [1.54, 1.807) is 0 Å². The van der Waals surface area contributed by atoms with Crippen LogP contribution in [0.3, 0.4) is 0 Å². The molecule has 0 amide bonds. The number of sulfonamides is 1. The van der Waals surface area contributed by atoms with Gasteiger partial charge in [0.15, 0.2) is 0 Å². The number of nitrogens with one attached hydrogen (secondary N) is 2. The summed E-state index contributed by atoms with van der Waals surface area (Å²) in [5.74, 6) is 0. The molecule has 0 radical (unpaired) electrons. The topological polar surface area (TPSA) is 58.2 Å². The molecule has 23 heavy (non-hydrogen) atoms. The standard InChI is InChI=1S/C15H21Cl3N2O2S/c1-14(2)7-9(8-15(3,4)20-14)19-23(21,22)13-6-11(17)10(16)5-12(13)18/h5-6,9,19-20H,7-8H2,1-4H3. The van der Waals surface area contributed by atoms with Gasteiger partial charge >= 0.3 is 0 Å². The highest BCUT2D eigenvalue weighted by molar-refractivity contribution is 7.89. The van der Waals surface area contributed by atoms with Crippen molar-refractivity contribution in [3.8, 4) is 0 Å². The zero-order chi connectivity index (χ0) is 17.6. The van der Waals surface area contributed by atoms with Crippen LogP contribution in [0.5, 0.6) is 0 Å². The van der Waals surface area contributed by atoms with E-state index in [4.69, 9.17) is 34.8 Å². The van der Waals surface area contributed by atoms with Gasteiger partial charge in [0.25, 0.3) is 0 Å². The van der Waals surface area contributed by atoms with E-state index in [2.05, 4.69) is 37.7 Å². The molecule has 0 saturated carbocycles. The number of hydrogen-bond donors (Lipinski definition) is 2. The average molecular weight is 400 g/mol. The van der Waals surface area contributed by atoms with Crippen molar-refractivity contribution in [2.75, 3.05) is 0 Å². The predicted molar refractivity (Wildman–Crippen MR) is 96.1 cm³/mol. The molecule has 2 N–H and O–H groups in total. The van der Waals surface area contributed by atoms with E-state index in [0.717, 1.165) is 0 Å². The first-order valence-electron chi connectivity index (χ1n) is 7.28. The average Bonchev–Trinajstić information content (AvgIpc) is 2.28. The van der Waals surface area contributed by atoms with Crippen LogP contribution in [0, 0.1) is 0 Å². The van der Waals surface area contributed by atoms with Gasteiger partial charge in [-0.2, -0.15) is 0 Å². The summed E-state index contributed by atoms with van der Waals surface area (Å²) in [5.41, 5.74) is -0.341. The summed E-state index contributed by atoms with van der Waals surface area (Å²) >= 11 is 17.8. The second kappa shape index (κ2) is 6.36. The summed E-state index contributed by atoms with van der Waals surface area (Å²) < 4.78 is 28.1. The lowest BCUT2D eigenvalue weighted by molar-refractivity contribution is 0.157. The summed E-state index contributed by atoms with van der Waals surface area (Å²) in [7, 11) is -3.78. The van der Waals surface area contributed by atoms with E-state index >= 15 is 0 Å². The van der Waals surface area contributed by atoms with Gasteiger partial charge in [-0.25, -0.2) is 13.1 Å². The lowest BCUT2D eigenvalue weighted by atomic mass is 9.80. The monoisotopic (exact) mass is 398 g/mol. The van der Waals surface area contributed by atoms with Crippen molar-refractivity contribution in [2.45, 2.75) is 62.6 Å². The van der Waals surface area contributed by atoms with Crippen LogP contribution < -0.4 is 10.0 Å². The Kier molecular flexibility index (Phi) is 5.33. The van der Waals surface area contributed by atoms with Gasteiger partial charge in [-0.05, 0) is 52.7 Å². The Morgan fingerprint density at radius 2 is 1.48 bits per heavy atom. The second-order valence-electron chi connectivity index (χ2n) is 7.32. The van der Waals surface area contributed by atoms with E-state index in [1.165, 1.54) is 12.1 Å². The molecule has 1 saturated heterocycles. The first kappa shape index (κ1) is 19.3. The summed E-state index contributed by atoms with van der Waals surface area (Å²) in [4.78, 5) is -0.0530. The number of halogens is 3. The molecule has 0 bridgehead atoms. The van der Waals surface area contributed by atoms with E-state index in [9.17, 15) is 8.42 Å². The zero-order valence-electron chi connectivity index (χ0n) is 13.5. The molecule has 1 aromatic rings. The van der Waals surface area contributed by atoms with Gasteiger partial charge in [0.1, 0.15) is 4.90 Å². The lowest BCUT2D eigenvalue weighted by Crippen LogP contribution is -2.62. The molecule has 0 unspecified atom stereocenters. The molecule has 1 heterocycles. The van der Waals surface area contributed by atoms with Crippen LogP contribution in [0.4, 0.5) is 0 Å². The van der Waals surface area contributed by atoms with Crippen molar-refractivity contribution >= 4 is 44.8 Å². The lowest BCUT2D eigenvalue weighted by Gasteiger charge is -2.46. The Labute approximate surface area is 152 Å². The molecule has 0 atom stereocenters. The van der Waals surface area contributed by atoms with E-state index in [-0.39, 0.29) is 37.1 Å². The van der Waals surface area contributed by atoms with Crippen LogP contribution in [0.15, 0.2) is 17.0 Å². The number of benzene rings is 1. The molecule has 4 nitrogen and oxygen atoms in total. The Hall–Kier alpha value is -0.0400. The highest BCUT2D eigenvalue weighted by Gasteiger charge is 2.39. The molecule has 1 fully saturated rings. The van der Waals surface area contributed by atoms with Crippen molar-refractivity contribution in [2.24, 2.45) is 0 Å². The van der Waals surface area contributed by atoms with Gasteiger partial charge in [0.05, 0.1) is 15.1 Å². The van der Waals surface area contributed by atoms with Crippen LogP contribution in [-0.2, 0) is 10.0 Å². The fourth-order valence-corrected chi connectivity index (χ4v) is 5.64. The van der Waals surface area contributed by atoms with Gasteiger partial charge in [-0.1, -0.05) is 34.8 Å². The van der Waals surface area contributed by atoms with E-state index in [1.807, 2.05) is 0 Å². The Bertz CT molecular complexity index is 702. The summed E-state index contributed by atoms with van der Waals surface area (Å²) in [5, 5.41) is 3.95. The number of piperidine rings is 1. The van der Waals surface area contributed by atoms with Crippen molar-refractivity contribution in [3.05, 3.63) is 27.2 Å². The van der Waals surface area contributed by atoms with Crippen LogP contribution in [-0.4, -0.2) is 25.5 Å². The third-order valence-corrected chi connectivity index (χ3v) is 6.48. The predicted octanol–water partition coefficient (Wildman–Crippen LogP) is 4.23. The maximum Gasteiger partial charge on any atom is 0.242 e. The highest BCUT2D eigenvalue weighted by atomic mass is 35.5. The third-order valence-electron chi connectivity index (χ3n) is 3.78. The van der Waals surface area contributed by atoms with Gasteiger partial charge in [0, 0.05) is 17.1 Å². The Balaban J connectivity index is 2.30. The zero-order valence-corrected chi connectivity index (χ0v) is 16.6. The maximum absolute atomic E-state index is 12.7. The quantitative estimate of drug-likeness (QED) is 0.748. The largest absolute Gasteiger partial charge is 0.307 e. The van der Waals surface area contributed by atoms with Gasteiger partial charge in [0.2, 0.25) is 10.0 Å². The van der Waals surface area contributed by atoms with Crippen LogP contribution in [0.25, 0.3) is 0 Å². The normalized spacial score (nSPS) is 21.3. The van der Waals surface area contributed by atoms with Crippen molar-refractivity contribution in [1.29, 1.82) is 0 Å². The molecule has 0 aliphatic carbocycles. The van der Waals surface area contributed by atoms with Gasteiger partial charge < -0.3 is 5.32 Å². The van der Waals surface area contributed by atoms with Crippen molar-refractivity contribution in [3.63, 3.8) is 0 Å². The maximum atomic E-state index is 12.7. The summed E-state index contributed by atoms with van der Waals surface area (Å²) in [6, 6.07) is 2.43. The number of hydrogen-bond acceptors (Lipinski definition) is 3. The molecule has 0 aromatic heterocycles. The highest BCUT2D eigenvalue weighted by Crippen LogP contribution is 2.33. The van der Waals surface area contributed by atoms with Crippen molar-refractivity contribution < 1.29 is 8.42 Å². The minimum atomic E-state index is -3.78. The molecule has 1 aliphatic rings. The summed E-state index contributed by atoms with van der Waals surface area (Å²) in [6.07, 6.45) is 1.35. The minimum absolute atomic E-state index is 0.0530. The second-order valence-corrected chi connectivity index (χ2v) is 10.2. The molecule has 130 valence electrons. The van der Waals surface area contributed by atoms with Gasteiger partial charge in [-0.15, -0.1) is 0 Å². The molecule has 0 spiro atoms. The van der Waals surface area contributed by atoms with Crippen molar-refractivity contribution in [1.82, 2.24) is 10.0 Å². The van der Waals surface area contributed by atoms with Crippen LogP contribution >= 0.6 is 34.8 Å². The van der Waals surface area contributed by atoms with Crippen LogP contribution in [0.2, 0.25) is 15.1 Å². The molecule has 1 aromatic carbocycles. The molecular formula is C15H21Cl3N2O2S. The van der Waals surface area contributed by atoms with E-state index in [0.29, 0.717) is 12.8 Å². The Morgan fingerprint density at radius 1 is 1.00 bits per heavy atom. The number of rotatable bonds is 3.